The third kappa shape index (κ3) is 4.98. The molecule has 30 heavy (non-hydrogen) atoms. The van der Waals surface area contributed by atoms with E-state index in [-0.39, 0.29) is 12.0 Å². The molecule has 1 aromatic heterocycles. The van der Waals surface area contributed by atoms with E-state index in [9.17, 15) is 9.90 Å². The van der Waals surface area contributed by atoms with E-state index in [1.54, 1.807) is 6.07 Å². The molecular formula is C24H26ClN3O2. The summed E-state index contributed by atoms with van der Waals surface area (Å²) in [6.45, 7) is 5.07. The number of piperidine rings is 1. The average Bonchev–Trinajstić information content (AvgIpc) is 2.74. The number of fused-ring (bicyclic) bond motifs is 1. The van der Waals surface area contributed by atoms with Crippen LogP contribution in [0.4, 0.5) is 0 Å². The number of aryl methyl sites for hydroxylation is 1. The predicted octanol–water partition coefficient (Wildman–Crippen LogP) is 4.08. The second kappa shape index (κ2) is 9.13. The third-order valence-corrected chi connectivity index (χ3v) is 5.89. The molecule has 2 heterocycles. The number of benzene rings is 2. The first-order chi connectivity index (χ1) is 14.5. The number of nitrogens with zero attached hydrogens (tertiary/aromatic N) is 2. The Morgan fingerprint density at radius 3 is 2.57 bits per heavy atom. The number of carbonyl (C=O) groups is 1. The summed E-state index contributed by atoms with van der Waals surface area (Å²) < 4.78 is 0. The van der Waals surface area contributed by atoms with Gasteiger partial charge in [-0.15, -0.1) is 0 Å². The lowest BCUT2D eigenvalue weighted by atomic mass is 10.1. The Morgan fingerprint density at radius 2 is 1.83 bits per heavy atom. The van der Waals surface area contributed by atoms with Crippen LogP contribution in [-0.2, 0) is 13.1 Å². The normalized spacial score (nSPS) is 15.4. The highest BCUT2D eigenvalue weighted by atomic mass is 35.5. The number of aliphatic hydroxyl groups excluding tert-OH is 1. The standard InChI is InChI=1S/C24H26ClN3O2/c1-16-22(13-19-12-20(25)6-7-23(19)27-16)24(30)26-14-17-2-4-18(5-3-17)15-28-10-8-21(29)9-11-28/h2-7,12-13,21,29H,8-11,14-15H2,1H3,(H,26,30). The van der Waals surface area contributed by atoms with Crippen LogP contribution >= 0.6 is 11.6 Å². The maximum atomic E-state index is 12.7. The number of pyridine rings is 1. The molecule has 1 amide bonds. The van der Waals surface area contributed by atoms with Crippen LogP contribution in [0.5, 0.6) is 0 Å². The number of aromatic nitrogens is 1. The van der Waals surface area contributed by atoms with Gasteiger partial charge in [-0.3, -0.25) is 14.7 Å². The molecule has 0 atom stereocenters. The quantitative estimate of drug-likeness (QED) is 0.648. The number of aliphatic hydroxyl groups is 1. The number of hydrogen-bond acceptors (Lipinski definition) is 4. The number of halogens is 1. The van der Waals surface area contributed by atoms with Gasteiger partial charge in [0.15, 0.2) is 0 Å². The molecule has 2 aromatic carbocycles. The minimum absolute atomic E-state index is 0.141. The van der Waals surface area contributed by atoms with Gasteiger partial charge in [0, 0.05) is 36.6 Å². The maximum Gasteiger partial charge on any atom is 0.253 e. The predicted molar refractivity (Wildman–Crippen MR) is 120 cm³/mol. The van der Waals surface area contributed by atoms with E-state index in [0.717, 1.165) is 48.9 Å². The summed E-state index contributed by atoms with van der Waals surface area (Å²) in [4.78, 5) is 19.6. The number of carbonyl (C=O) groups excluding carboxylic acids is 1. The first-order valence-electron chi connectivity index (χ1n) is 10.3. The topological polar surface area (TPSA) is 65.5 Å². The van der Waals surface area contributed by atoms with Crippen LogP contribution < -0.4 is 5.32 Å². The molecule has 5 nitrogen and oxygen atoms in total. The first-order valence-corrected chi connectivity index (χ1v) is 10.7. The zero-order chi connectivity index (χ0) is 21.1. The van der Waals surface area contributed by atoms with Crippen LogP contribution in [0, 0.1) is 6.92 Å². The van der Waals surface area contributed by atoms with Crippen molar-refractivity contribution in [1.82, 2.24) is 15.2 Å². The molecule has 4 rings (SSSR count). The van der Waals surface area contributed by atoms with E-state index < -0.39 is 0 Å². The zero-order valence-corrected chi connectivity index (χ0v) is 17.8. The molecule has 156 valence electrons. The van der Waals surface area contributed by atoms with Crippen molar-refractivity contribution in [2.75, 3.05) is 13.1 Å². The zero-order valence-electron chi connectivity index (χ0n) is 17.1. The van der Waals surface area contributed by atoms with Crippen molar-refractivity contribution in [2.45, 2.75) is 39.0 Å². The van der Waals surface area contributed by atoms with Gasteiger partial charge in [0.25, 0.3) is 5.91 Å². The van der Waals surface area contributed by atoms with Crippen LogP contribution in [-0.4, -0.2) is 40.1 Å². The first kappa shape index (κ1) is 20.8. The molecule has 0 bridgehead atoms. The summed E-state index contributed by atoms with van der Waals surface area (Å²) in [5.74, 6) is -0.141. The van der Waals surface area contributed by atoms with Gasteiger partial charge in [-0.05, 0) is 55.2 Å². The van der Waals surface area contributed by atoms with Gasteiger partial charge in [0.2, 0.25) is 0 Å². The van der Waals surface area contributed by atoms with E-state index in [2.05, 4.69) is 39.5 Å². The molecular weight excluding hydrogens is 398 g/mol. The monoisotopic (exact) mass is 423 g/mol. The largest absolute Gasteiger partial charge is 0.393 e. The summed E-state index contributed by atoms with van der Waals surface area (Å²) in [6, 6.07) is 15.7. The lowest BCUT2D eigenvalue weighted by Crippen LogP contribution is -2.35. The van der Waals surface area contributed by atoms with Gasteiger partial charge in [0.05, 0.1) is 22.9 Å². The lowest BCUT2D eigenvalue weighted by molar-refractivity contribution is 0.0792. The van der Waals surface area contributed by atoms with Crippen molar-refractivity contribution in [3.05, 3.63) is 75.9 Å². The number of hydrogen-bond donors (Lipinski definition) is 2. The molecule has 0 spiro atoms. The Bertz CT molecular complexity index is 1040. The fourth-order valence-electron chi connectivity index (χ4n) is 3.85. The molecule has 2 N–H and O–H groups in total. The highest BCUT2D eigenvalue weighted by Crippen LogP contribution is 2.21. The van der Waals surface area contributed by atoms with E-state index >= 15 is 0 Å². The van der Waals surface area contributed by atoms with Gasteiger partial charge in [0.1, 0.15) is 0 Å². The van der Waals surface area contributed by atoms with Gasteiger partial charge in [-0.1, -0.05) is 35.9 Å². The second-order valence-electron chi connectivity index (χ2n) is 7.96. The van der Waals surface area contributed by atoms with Gasteiger partial charge < -0.3 is 10.4 Å². The van der Waals surface area contributed by atoms with Crippen molar-refractivity contribution in [3.63, 3.8) is 0 Å². The molecule has 0 unspecified atom stereocenters. The minimum Gasteiger partial charge on any atom is -0.393 e. The Hall–Kier alpha value is -2.47. The van der Waals surface area contributed by atoms with Crippen LogP contribution in [0.15, 0.2) is 48.5 Å². The summed E-state index contributed by atoms with van der Waals surface area (Å²) in [7, 11) is 0. The van der Waals surface area contributed by atoms with E-state index in [1.165, 1.54) is 5.56 Å². The number of rotatable bonds is 5. The highest BCUT2D eigenvalue weighted by Gasteiger charge is 2.17. The van der Waals surface area contributed by atoms with Crippen molar-refractivity contribution in [2.24, 2.45) is 0 Å². The van der Waals surface area contributed by atoms with Crippen molar-refractivity contribution >= 4 is 28.4 Å². The van der Waals surface area contributed by atoms with Crippen LogP contribution in [0.1, 0.15) is 40.0 Å². The maximum absolute atomic E-state index is 12.7. The van der Waals surface area contributed by atoms with Crippen LogP contribution in [0.2, 0.25) is 5.02 Å². The van der Waals surface area contributed by atoms with Crippen LogP contribution in [0.3, 0.4) is 0 Å². The molecule has 1 fully saturated rings. The Morgan fingerprint density at radius 1 is 1.13 bits per heavy atom. The minimum atomic E-state index is -0.148. The van der Waals surface area contributed by atoms with E-state index in [0.29, 0.717) is 22.8 Å². The molecule has 0 saturated carbocycles. The molecule has 6 heteroatoms. The van der Waals surface area contributed by atoms with Gasteiger partial charge in [-0.25, -0.2) is 0 Å². The van der Waals surface area contributed by atoms with Gasteiger partial charge >= 0.3 is 0 Å². The molecule has 0 radical (unpaired) electrons. The molecule has 3 aromatic rings. The molecule has 0 aliphatic carbocycles. The van der Waals surface area contributed by atoms with Crippen molar-refractivity contribution in [3.8, 4) is 0 Å². The fourth-order valence-corrected chi connectivity index (χ4v) is 4.03. The Balaban J connectivity index is 1.37. The highest BCUT2D eigenvalue weighted by molar-refractivity contribution is 6.31. The molecule has 1 saturated heterocycles. The molecule has 1 aliphatic heterocycles. The Kier molecular flexibility index (Phi) is 6.32. The molecule has 1 aliphatic rings. The number of amides is 1. The lowest BCUT2D eigenvalue weighted by Gasteiger charge is -2.29. The number of nitrogens with one attached hydrogen (secondary N) is 1. The Labute approximate surface area is 181 Å². The van der Waals surface area contributed by atoms with Gasteiger partial charge in [-0.2, -0.15) is 0 Å². The fraction of sp³-hybridized carbons (Fsp3) is 0.333. The summed E-state index contributed by atoms with van der Waals surface area (Å²) in [6.07, 6.45) is 1.55. The third-order valence-electron chi connectivity index (χ3n) is 5.65. The summed E-state index contributed by atoms with van der Waals surface area (Å²) in [5.41, 5.74) is 4.38. The smallest absolute Gasteiger partial charge is 0.253 e. The average molecular weight is 424 g/mol. The van der Waals surface area contributed by atoms with E-state index in [4.69, 9.17) is 11.6 Å². The summed E-state index contributed by atoms with van der Waals surface area (Å²) >= 11 is 6.07. The van der Waals surface area contributed by atoms with E-state index in [1.807, 2.05) is 25.1 Å². The number of likely N-dealkylation sites (tertiary alicyclic amines) is 1. The van der Waals surface area contributed by atoms with Crippen molar-refractivity contribution in [1.29, 1.82) is 0 Å². The SMILES string of the molecule is Cc1nc2ccc(Cl)cc2cc1C(=O)NCc1ccc(CN2CCC(O)CC2)cc1. The summed E-state index contributed by atoms with van der Waals surface area (Å²) in [5, 5.41) is 14.1. The van der Waals surface area contributed by atoms with Crippen molar-refractivity contribution < 1.29 is 9.90 Å². The second-order valence-corrected chi connectivity index (χ2v) is 8.40. The van der Waals surface area contributed by atoms with Crippen LogP contribution in [0.25, 0.3) is 10.9 Å².